The highest BCUT2D eigenvalue weighted by molar-refractivity contribution is 7.13. The summed E-state index contributed by atoms with van der Waals surface area (Å²) in [6.45, 7) is 0.345. The van der Waals surface area contributed by atoms with Crippen molar-refractivity contribution < 1.29 is 24.2 Å². The van der Waals surface area contributed by atoms with Crippen molar-refractivity contribution >= 4 is 39.5 Å². The number of aliphatic hydroxyl groups excluding tert-OH is 1. The molecule has 1 amide bonds. The van der Waals surface area contributed by atoms with E-state index in [4.69, 9.17) is 9.47 Å². The molecule has 0 saturated carbocycles. The molecule has 0 saturated heterocycles. The molecule has 1 atom stereocenters. The van der Waals surface area contributed by atoms with Gasteiger partial charge in [-0.3, -0.25) is 14.5 Å². The number of aromatic nitrogens is 2. The van der Waals surface area contributed by atoms with Crippen molar-refractivity contribution in [2.24, 2.45) is 0 Å². The SMILES string of the molecule is COc1cc(C2C(C(=O)c3cccs3)=C(O)C(=O)N2c2nncs2)ccc1OCc1ccccc1. The number of methoxy groups -OCH3 is 1. The number of Topliss-reactive ketones (excluding diaryl/α,β-unsaturated/α-hetero) is 1. The van der Waals surface area contributed by atoms with Crippen LogP contribution in [0.25, 0.3) is 0 Å². The van der Waals surface area contributed by atoms with Gasteiger partial charge in [0, 0.05) is 0 Å². The molecule has 0 fully saturated rings. The van der Waals surface area contributed by atoms with Crippen LogP contribution in [0.5, 0.6) is 11.5 Å². The highest BCUT2D eigenvalue weighted by Crippen LogP contribution is 2.44. The number of nitrogens with zero attached hydrogens (tertiary/aromatic N) is 3. The summed E-state index contributed by atoms with van der Waals surface area (Å²) in [5, 5.41) is 20.7. The molecule has 10 heteroatoms. The molecule has 2 aromatic heterocycles. The molecule has 1 aliphatic heterocycles. The zero-order valence-electron chi connectivity index (χ0n) is 18.5. The second kappa shape index (κ2) is 9.69. The number of aliphatic hydroxyl groups is 1. The van der Waals surface area contributed by atoms with Crippen molar-refractivity contribution in [2.45, 2.75) is 12.6 Å². The number of benzene rings is 2. The molecule has 176 valence electrons. The van der Waals surface area contributed by atoms with E-state index in [1.54, 1.807) is 35.7 Å². The standard InChI is InChI=1S/C25H19N3O5S2/c1-32-18-12-16(9-10-17(18)33-13-15-6-3-2-4-7-15)21-20(22(29)19-8-5-11-34-19)23(30)24(31)28(21)25-27-26-14-35-25/h2-12,14,21,30H,13H2,1H3. The Bertz CT molecular complexity index is 1390. The van der Waals surface area contributed by atoms with Crippen molar-refractivity contribution in [1.29, 1.82) is 0 Å². The van der Waals surface area contributed by atoms with Gasteiger partial charge in [-0.25, -0.2) is 0 Å². The average molecular weight is 506 g/mol. The third kappa shape index (κ3) is 4.29. The second-order valence-electron chi connectivity index (χ2n) is 7.55. The second-order valence-corrected chi connectivity index (χ2v) is 9.31. The summed E-state index contributed by atoms with van der Waals surface area (Å²) in [4.78, 5) is 28.2. The molecule has 0 bridgehead atoms. The first kappa shape index (κ1) is 22.8. The fraction of sp³-hybridized carbons (Fsp3) is 0.120. The van der Waals surface area contributed by atoms with Crippen molar-refractivity contribution in [2.75, 3.05) is 12.0 Å². The van der Waals surface area contributed by atoms with Crippen LogP contribution in [-0.4, -0.2) is 34.1 Å². The van der Waals surface area contributed by atoms with Gasteiger partial charge in [0.25, 0.3) is 5.91 Å². The third-order valence-electron chi connectivity index (χ3n) is 5.49. The summed E-state index contributed by atoms with van der Waals surface area (Å²) in [5.74, 6) is -0.808. The van der Waals surface area contributed by atoms with E-state index in [0.717, 1.165) is 16.9 Å². The van der Waals surface area contributed by atoms with Crippen molar-refractivity contribution in [1.82, 2.24) is 10.2 Å². The van der Waals surface area contributed by atoms with E-state index in [2.05, 4.69) is 10.2 Å². The van der Waals surface area contributed by atoms with Crippen LogP contribution < -0.4 is 14.4 Å². The number of carbonyl (C=O) groups excluding carboxylic acids is 2. The molecule has 4 aromatic rings. The van der Waals surface area contributed by atoms with E-state index in [1.165, 1.54) is 28.9 Å². The van der Waals surface area contributed by atoms with Gasteiger partial charge in [0.15, 0.2) is 17.3 Å². The first-order valence-electron chi connectivity index (χ1n) is 10.5. The van der Waals surface area contributed by atoms with E-state index in [-0.39, 0.29) is 10.7 Å². The van der Waals surface area contributed by atoms with Crippen LogP contribution in [0.2, 0.25) is 0 Å². The first-order valence-corrected chi connectivity index (χ1v) is 12.3. The lowest BCUT2D eigenvalue weighted by Gasteiger charge is -2.24. The molecule has 1 unspecified atom stereocenters. The molecule has 8 nitrogen and oxygen atoms in total. The number of hydrogen-bond donors (Lipinski definition) is 1. The number of rotatable bonds is 8. The summed E-state index contributed by atoms with van der Waals surface area (Å²) >= 11 is 2.37. The lowest BCUT2D eigenvalue weighted by molar-refractivity contribution is -0.117. The van der Waals surface area contributed by atoms with Gasteiger partial charge >= 0.3 is 0 Å². The number of ketones is 1. The van der Waals surface area contributed by atoms with Gasteiger partial charge in [-0.05, 0) is 34.7 Å². The van der Waals surface area contributed by atoms with Gasteiger partial charge < -0.3 is 14.6 Å². The van der Waals surface area contributed by atoms with E-state index in [1.807, 2.05) is 30.3 Å². The maximum absolute atomic E-state index is 13.4. The summed E-state index contributed by atoms with van der Waals surface area (Å²) in [5.41, 5.74) is 3.02. The van der Waals surface area contributed by atoms with Crippen LogP contribution in [0.4, 0.5) is 5.13 Å². The van der Waals surface area contributed by atoms with Crippen LogP contribution in [0, 0.1) is 0 Å². The fourth-order valence-electron chi connectivity index (χ4n) is 3.87. The Kier molecular flexibility index (Phi) is 6.30. The summed E-state index contributed by atoms with van der Waals surface area (Å²) in [6.07, 6.45) is 0. The minimum absolute atomic E-state index is 0.0207. The summed E-state index contributed by atoms with van der Waals surface area (Å²) in [6, 6.07) is 17.4. The number of hydrogen-bond acceptors (Lipinski definition) is 9. The molecule has 2 aromatic carbocycles. The maximum Gasteiger partial charge on any atom is 0.296 e. The van der Waals surface area contributed by atoms with E-state index in [9.17, 15) is 14.7 Å². The molecule has 1 aliphatic rings. The highest BCUT2D eigenvalue weighted by Gasteiger charge is 2.46. The molecule has 0 aliphatic carbocycles. The Balaban J connectivity index is 1.54. The monoisotopic (exact) mass is 505 g/mol. The van der Waals surface area contributed by atoms with Crippen molar-refractivity contribution in [3.8, 4) is 11.5 Å². The first-order chi connectivity index (χ1) is 17.1. The largest absolute Gasteiger partial charge is 0.503 e. The average Bonchev–Trinajstić information content (AvgIpc) is 3.65. The number of ether oxygens (including phenoxy) is 2. The van der Waals surface area contributed by atoms with Crippen LogP contribution >= 0.6 is 22.7 Å². The zero-order chi connectivity index (χ0) is 24.4. The topological polar surface area (TPSA) is 102 Å². The van der Waals surface area contributed by atoms with Crippen molar-refractivity contribution in [3.63, 3.8) is 0 Å². The van der Waals surface area contributed by atoms with Gasteiger partial charge in [-0.15, -0.1) is 21.5 Å². The van der Waals surface area contributed by atoms with Gasteiger partial charge in [0.1, 0.15) is 12.1 Å². The van der Waals surface area contributed by atoms with E-state index in [0.29, 0.717) is 28.5 Å². The number of anilines is 1. The van der Waals surface area contributed by atoms with Crippen LogP contribution in [-0.2, 0) is 11.4 Å². The van der Waals surface area contributed by atoms with Crippen LogP contribution in [0.3, 0.4) is 0 Å². The lowest BCUT2D eigenvalue weighted by Crippen LogP contribution is -2.31. The van der Waals surface area contributed by atoms with Gasteiger partial charge in [-0.1, -0.05) is 53.8 Å². The minimum atomic E-state index is -0.915. The molecule has 35 heavy (non-hydrogen) atoms. The Labute approximate surface area is 208 Å². The minimum Gasteiger partial charge on any atom is -0.503 e. The Hall–Kier alpha value is -4.02. The Morgan fingerprint density at radius 3 is 2.60 bits per heavy atom. The zero-order valence-corrected chi connectivity index (χ0v) is 20.1. The smallest absolute Gasteiger partial charge is 0.296 e. The van der Waals surface area contributed by atoms with Gasteiger partial charge in [-0.2, -0.15) is 0 Å². The number of thiophene rings is 1. The van der Waals surface area contributed by atoms with Gasteiger partial charge in [0.2, 0.25) is 10.9 Å². The Morgan fingerprint density at radius 1 is 1.09 bits per heavy atom. The molecule has 5 rings (SSSR count). The molecule has 1 N–H and O–H groups in total. The normalized spacial score (nSPS) is 15.5. The van der Waals surface area contributed by atoms with E-state index < -0.39 is 23.5 Å². The van der Waals surface area contributed by atoms with Gasteiger partial charge in [0.05, 0.1) is 23.6 Å². The number of carbonyl (C=O) groups is 2. The molecule has 3 heterocycles. The Morgan fingerprint density at radius 2 is 1.91 bits per heavy atom. The van der Waals surface area contributed by atoms with E-state index >= 15 is 0 Å². The predicted molar refractivity (Wildman–Crippen MR) is 132 cm³/mol. The number of amides is 1. The maximum atomic E-state index is 13.4. The molecule has 0 spiro atoms. The molecule has 0 radical (unpaired) electrons. The lowest BCUT2D eigenvalue weighted by atomic mass is 9.95. The van der Waals surface area contributed by atoms with Crippen LogP contribution in [0.15, 0.2) is 82.9 Å². The summed E-state index contributed by atoms with van der Waals surface area (Å²) in [7, 11) is 1.52. The molecular formula is C25H19N3O5S2. The predicted octanol–water partition coefficient (Wildman–Crippen LogP) is 4.97. The highest BCUT2D eigenvalue weighted by atomic mass is 32.1. The van der Waals surface area contributed by atoms with Crippen LogP contribution in [0.1, 0.15) is 26.8 Å². The van der Waals surface area contributed by atoms with Crippen molar-refractivity contribution in [3.05, 3.63) is 98.9 Å². The quantitative estimate of drug-likeness (QED) is 0.337. The summed E-state index contributed by atoms with van der Waals surface area (Å²) < 4.78 is 11.5. The third-order valence-corrected chi connectivity index (χ3v) is 7.05. The molecular weight excluding hydrogens is 486 g/mol. The fourth-order valence-corrected chi connectivity index (χ4v) is 5.13.